The molecule has 7 unspecified atom stereocenters. The van der Waals surface area contributed by atoms with Crippen molar-refractivity contribution in [2.75, 3.05) is 39.3 Å². The zero-order valence-electron chi connectivity index (χ0n) is 55.0. The summed E-state index contributed by atoms with van der Waals surface area (Å²) in [6, 6.07) is 0. The highest BCUT2D eigenvalue weighted by atomic mass is 16.4. The molecule has 0 aliphatic heterocycles. The maximum atomic E-state index is 11.1. The van der Waals surface area contributed by atoms with Crippen LogP contribution in [0.5, 0.6) is 0 Å². The van der Waals surface area contributed by atoms with Crippen molar-refractivity contribution in [3.63, 3.8) is 0 Å². The largest absolute Gasteiger partial charge is 0.481 e. The summed E-state index contributed by atoms with van der Waals surface area (Å²) in [5.41, 5.74) is 38.4. The van der Waals surface area contributed by atoms with Crippen LogP contribution in [-0.4, -0.2) is 94.6 Å². The fourth-order valence-corrected chi connectivity index (χ4v) is 29.7. The van der Waals surface area contributed by atoms with Crippen molar-refractivity contribution in [1.82, 2.24) is 0 Å². The van der Waals surface area contributed by atoms with Crippen LogP contribution < -0.4 is 34.4 Å². The molecule has 12 bridgehead atoms. The Balaban J connectivity index is 0.000000101. The number of rotatable bonds is 17. The van der Waals surface area contributed by atoms with E-state index in [2.05, 4.69) is 31.9 Å². The number of nitrogens with two attached hydrogens (primary N) is 6. The molecule has 0 aromatic heterocycles. The lowest BCUT2D eigenvalue weighted by atomic mass is 9.44. The highest BCUT2D eigenvalue weighted by Gasteiger charge is 2.74. The van der Waals surface area contributed by atoms with Crippen LogP contribution in [0.15, 0.2) is 24.3 Å². The Morgan fingerprint density at radius 2 is 0.685 bits per heavy atom. The average Bonchev–Trinajstić information content (AvgIpc) is 1.48. The molecule has 18 aliphatic rings. The van der Waals surface area contributed by atoms with Crippen LogP contribution in [0.3, 0.4) is 0 Å². The van der Waals surface area contributed by atoms with Crippen LogP contribution in [0.25, 0.3) is 0 Å². The number of hydrogen-bond acceptors (Lipinski definition) is 11. The Kier molecular flexibility index (Phi) is 17.3. The Labute approximate surface area is 546 Å². The SMILES string of the molecule is C#C[C@H]1[C@@H]2CCC3[C@H]1[C@H](C2)[C@]3(CN)CC(=O)O.C#C[C@H]1[C@H]2CC[C@H]3[C@@H]1[C@@H](C2)[C@@]3(CN)CC(=O)O.C=C1[C@@H]2CCC3[C@H]1[C@H](C2)[C@]3(CN)CC(=O)O.C=C1[C@H]2CC[C@H]3[C@@H]1[C@@H](C2)[C@@]3(CN)CC(=O)O.CCC1(CN)C2CC3CC2C1C3.NCC1(CC(=O)O)[C@@H]2CC3CC2[C@@H]1C3. The fourth-order valence-electron chi connectivity index (χ4n) is 29.7. The van der Waals surface area contributed by atoms with Crippen molar-refractivity contribution >= 4 is 29.8 Å². The number of carbonyl (C=O) groups is 5. The average molecular weight is 1270 g/mol. The lowest BCUT2D eigenvalue weighted by Crippen LogP contribution is -2.60. The first kappa shape index (κ1) is 66.3. The summed E-state index contributed by atoms with van der Waals surface area (Å²) in [7, 11) is 0. The summed E-state index contributed by atoms with van der Waals surface area (Å²) < 4.78 is 0. The Bertz CT molecular complexity index is 2830. The number of carboxylic acid groups (broad SMARTS) is 5. The molecule has 29 atom stereocenters. The smallest absolute Gasteiger partial charge is 0.303 e. The molecular formula is C76H112N6O10. The monoisotopic (exact) mass is 1270 g/mol. The van der Waals surface area contributed by atoms with E-state index in [0.717, 1.165) is 93.4 Å². The predicted molar refractivity (Wildman–Crippen MR) is 350 cm³/mol. The Morgan fingerprint density at radius 3 is 0.957 bits per heavy atom. The van der Waals surface area contributed by atoms with Crippen LogP contribution in [0.2, 0.25) is 0 Å². The van der Waals surface area contributed by atoms with Gasteiger partial charge in [0.1, 0.15) is 0 Å². The van der Waals surface area contributed by atoms with Gasteiger partial charge in [-0.25, -0.2) is 0 Å². The van der Waals surface area contributed by atoms with Gasteiger partial charge in [-0.05, 0) is 336 Å². The van der Waals surface area contributed by atoms with Crippen LogP contribution >= 0.6 is 0 Å². The second kappa shape index (κ2) is 24.1. The van der Waals surface area contributed by atoms with Gasteiger partial charge in [0.2, 0.25) is 0 Å². The van der Waals surface area contributed by atoms with E-state index in [-0.39, 0.29) is 52.8 Å². The van der Waals surface area contributed by atoms with Gasteiger partial charge in [0.15, 0.2) is 0 Å². The number of terminal acetylenes is 2. The van der Waals surface area contributed by atoms with E-state index in [4.69, 9.17) is 72.8 Å². The van der Waals surface area contributed by atoms with Crippen molar-refractivity contribution in [3.8, 4) is 24.7 Å². The molecule has 18 aliphatic carbocycles. The van der Waals surface area contributed by atoms with Crippen LogP contribution in [-0.2, 0) is 24.0 Å². The number of hydrogen-bond donors (Lipinski definition) is 11. The minimum Gasteiger partial charge on any atom is -0.481 e. The molecule has 0 radical (unpaired) electrons. The molecular weight excluding hydrogens is 1160 g/mol. The summed E-state index contributed by atoms with van der Waals surface area (Å²) in [6.07, 6.45) is 36.2. The predicted octanol–water partition coefficient (Wildman–Crippen LogP) is 9.04. The topological polar surface area (TPSA) is 343 Å². The summed E-state index contributed by atoms with van der Waals surface area (Å²) >= 11 is 0. The third-order valence-corrected chi connectivity index (χ3v) is 33.1. The van der Waals surface area contributed by atoms with Crippen LogP contribution in [0.4, 0.5) is 0 Å². The van der Waals surface area contributed by atoms with Gasteiger partial charge in [0.05, 0.1) is 32.1 Å². The second-order valence-corrected chi connectivity index (χ2v) is 34.5. The maximum Gasteiger partial charge on any atom is 0.303 e. The number of fused-ring (bicyclic) bond motifs is 6. The minimum atomic E-state index is -0.707. The summed E-state index contributed by atoms with van der Waals surface area (Å²) in [5, 5.41) is 45.3. The van der Waals surface area contributed by atoms with Crippen molar-refractivity contribution < 1.29 is 49.5 Å². The van der Waals surface area contributed by atoms with Gasteiger partial charge in [0.25, 0.3) is 0 Å². The lowest BCUT2D eigenvalue weighted by molar-refractivity contribution is -0.160. The van der Waals surface area contributed by atoms with Crippen molar-refractivity contribution in [3.05, 3.63) is 24.3 Å². The standard InChI is InChI=1S/2C14H19NO2.2C13H19NO2.C11H17NO2.C11H19N/c2*1-2-9-8-3-4-10-13(9)11(5-8)14(10,7-15)6-12(16)17;2*1-7-8-2-3-9-12(7)10(4-8)13(9,6-14)5-11(15)16;12-5-11(4-10(13)14)8-2-6-1-7(8)9(11)3-6;1-2-11(6-12)9-4-7-3-8(9)10(11)5-7/h2*1,8-11,13H,3-7,15H2,(H,16,17);2*8-10,12H,1-6,14H2,(H,15,16);6-9H,1-5,12H2,(H,13,14);7-10H,2-6,12H2,1H3/t8-,9+,10?,11+,13+,14+;8-,9-,10-,11+,13+,14+;8-,9?,10+,12+,13+;8-,9-,10+,12+,13+;6?,7?,8-,9+,11?;/m1010../s1. The molecule has 92 heavy (non-hydrogen) atoms. The first-order chi connectivity index (χ1) is 44.0. The van der Waals surface area contributed by atoms with Gasteiger partial charge in [-0.1, -0.05) is 31.2 Å². The van der Waals surface area contributed by atoms with Crippen LogP contribution in [0, 0.1) is 211 Å². The van der Waals surface area contributed by atoms with E-state index in [9.17, 15) is 24.0 Å². The highest BCUT2D eigenvalue weighted by molar-refractivity contribution is 5.70. The first-order valence-corrected chi connectivity index (χ1v) is 36.6. The van der Waals surface area contributed by atoms with E-state index < -0.39 is 29.8 Å². The molecule has 0 aromatic carbocycles. The van der Waals surface area contributed by atoms with Crippen molar-refractivity contribution in [2.24, 2.45) is 221 Å². The van der Waals surface area contributed by atoms with Gasteiger partial charge >= 0.3 is 29.8 Å². The van der Waals surface area contributed by atoms with E-state index in [0.29, 0.717) is 163 Å². The zero-order chi connectivity index (χ0) is 65.7. The molecule has 18 fully saturated rings. The molecule has 0 aromatic rings. The summed E-state index contributed by atoms with van der Waals surface area (Å²) in [5.74, 6) is 19.4. The van der Waals surface area contributed by atoms with E-state index in [1.165, 1.54) is 75.4 Å². The molecule has 18 rings (SSSR count). The van der Waals surface area contributed by atoms with Crippen molar-refractivity contribution in [2.45, 2.75) is 161 Å². The molecule has 16 heteroatoms. The second-order valence-electron chi connectivity index (χ2n) is 34.5. The molecule has 18 saturated carbocycles. The molecule has 0 saturated heterocycles. The molecule has 0 amide bonds. The molecule has 16 nitrogen and oxygen atoms in total. The van der Waals surface area contributed by atoms with Gasteiger partial charge < -0.3 is 59.9 Å². The first-order valence-electron chi connectivity index (χ1n) is 36.6. The van der Waals surface area contributed by atoms with Crippen LogP contribution in [0.1, 0.15) is 161 Å². The maximum absolute atomic E-state index is 11.1. The van der Waals surface area contributed by atoms with Crippen molar-refractivity contribution in [1.29, 1.82) is 0 Å². The number of carboxylic acids is 5. The Hall–Kier alpha value is -4.29. The molecule has 0 heterocycles. The van der Waals surface area contributed by atoms with Gasteiger partial charge in [-0.3, -0.25) is 24.0 Å². The van der Waals surface area contributed by atoms with Gasteiger partial charge in [-0.2, -0.15) is 0 Å². The Morgan fingerprint density at radius 1 is 0.391 bits per heavy atom. The third-order valence-electron chi connectivity index (χ3n) is 33.1. The molecule has 0 spiro atoms. The molecule has 17 N–H and O–H groups in total. The quantitative estimate of drug-likeness (QED) is 0.0478. The van der Waals surface area contributed by atoms with E-state index >= 15 is 0 Å². The highest BCUT2D eigenvalue weighted by Crippen LogP contribution is 2.78. The van der Waals surface area contributed by atoms with Gasteiger partial charge in [-0.15, -0.1) is 24.7 Å². The normalized spacial score (nSPS) is 51.7. The zero-order valence-corrected chi connectivity index (χ0v) is 55.0. The summed E-state index contributed by atoms with van der Waals surface area (Å²) in [6.45, 7) is 14.4. The lowest BCUT2D eigenvalue weighted by Gasteiger charge is -2.60. The number of aliphatic carboxylic acids is 5. The molecule has 506 valence electrons. The fraction of sp³-hybridized carbons (Fsp3) is 0.829. The van der Waals surface area contributed by atoms with E-state index in [1.807, 2.05) is 0 Å². The third kappa shape index (κ3) is 9.26. The van der Waals surface area contributed by atoms with E-state index in [1.54, 1.807) is 6.42 Å². The summed E-state index contributed by atoms with van der Waals surface area (Å²) in [4.78, 5) is 55.1. The van der Waals surface area contributed by atoms with Gasteiger partial charge in [0, 0.05) is 11.8 Å². The number of allylic oxidation sites excluding steroid dienone is 2. The minimum absolute atomic E-state index is 0.0104.